The van der Waals surface area contributed by atoms with E-state index in [9.17, 15) is 4.79 Å². The first kappa shape index (κ1) is 17.8. The van der Waals surface area contributed by atoms with Gasteiger partial charge < -0.3 is 14.2 Å². The molecule has 0 aliphatic carbocycles. The Labute approximate surface area is 156 Å². The summed E-state index contributed by atoms with van der Waals surface area (Å²) >= 11 is 3.45. The molecule has 25 heavy (non-hydrogen) atoms. The Kier molecular flexibility index (Phi) is 5.63. The number of hydrogen-bond donors (Lipinski definition) is 0. The normalized spacial score (nSPS) is 18.4. The smallest absolute Gasteiger partial charge is 0.317 e. The molecule has 0 bridgehead atoms. The molecule has 0 spiro atoms. The van der Waals surface area contributed by atoms with Gasteiger partial charge in [0.15, 0.2) is 0 Å². The second-order valence-electron chi connectivity index (χ2n) is 5.99. The van der Waals surface area contributed by atoms with E-state index in [0.29, 0.717) is 12.4 Å². The highest BCUT2D eigenvalue weighted by molar-refractivity contribution is 9.10. The number of hydrogen-bond acceptors (Lipinski definition) is 4. The number of unbranched alkanes of at least 4 members (excludes halogenated alkanes) is 1. The zero-order valence-corrected chi connectivity index (χ0v) is 15.9. The predicted octanol–water partition coefficient (Wildman–Crippen LogP) is 5.02. The Morgan fingerprint density at radius 1 is 1.20 bits per heavy atom. The highest BCUT2D eigenvalue weighted by Crippen LogP contribution is 2.47. The number of carbonyl (C=O) groups is 1. The summed E-state index contributed by atoms with van der Waals surface area (Å²) < 4.78 is 17.7. The van der Waals surface area contributed by atoms with Gasteiger partial charge in [0.1, 0.15) is 23.5 Å². The van der Waals surface area contributed by atoms with Crippen LogP contribution in [0.5, 0.6) is 11.5 Å². The van der Waals surface area contributed by atoms with E-state index in [0.717, 1.165) is 34.2 Å². The van der Waals surface area contributed by atoms with Crippen molar-refractivity contribution >= 4 is 21.9 Å². The van der Waals surface area contributed by atoms with Gasteiger partial charge in [0.2, 0.25) is 0 Å². The first-order valence-corrected chi connectivity index (χ1v) is 9.20. The number of ether oxygens (including phenoxy) is 3. The van der Waals surface area contributed by atoms with E-state index >= 15 is 0 Å². The maximum atomic E-state index is 12.4. The Bertz CT molecular complexity index is 742. The SMILES string of the molecule is CCCCOc1ccc([C@H]2Oc3ccc(Br)cc3[C@H]2C(=O)OC)cc1. The molecule has 1 heterocycles. The number of carbonyl (C=O) groups excluding carboxylic acids is 1. The van der Waals surface area contributed by atoms with E-state index in [1.807, 2.05) is 42.5 Å². The number of benzene rings is 2. The summed E-state index contributed by atoms with van der Waals surface area (Å²) in [6.07, 6.45) is 1.73. The van der Waals surface area contributed by atoms with Gasteiger partial charge in [0, 0.05) is 10.0 Å². The predicted molar refractivity (Wildman–Crippen MR) is 99.1 cm³/mol. The van der Waals surface area contributed by atoms with Crippen molar-refractivity contribution in [2.75, 3.05) is 13.7 Å². The first-order chi connectivity index (χ1) is 12.1. The fourth-order valence-electron chi connectivity index (χ4n) is 2.96. The lowest BCUT2D eigenvalue weighted by atomic mass is 9.91. The van der Waals surface area contributed by atoms with Crippen LogP contribution in [0.4, 0.5) is 0 Å². The average molecular weight is 405 g/mol. The second-order valence-corrected chi connectivity index (χ2v) is 6.91. The van der Waals surface area contributed by atoms with E-state index in [-0.39, 0.29) is 5.97 Å². The molecule has 1 aliphatic rings. The highest BCUT2D eigenvalue weighted by Gasteiger charge is 2.41. The molecule has 0 unspecified atom stereocenters. The van der Waals surface area contributed by atoms with Crippen LogP contribution in [0.15, 0.2) is 46.9 Å². The lowest BCUT2D eigenvalue weighted by molar-refractivity contribution is -0.144. The van der Waals surface area contributed by atoms with Crippen molar-refractivity contribution in [3.63, 3.8) is 0 Å². The Balaban J connectivity index is 1.84. The average Bonchev–Trinajstić information content (AvgIpc) is 3.00. The zero-order valence-electron chi connectivity index (χ0n) is 14.3. The molecule has 0 saturated heterocycles. The van der Waals surface area contributed by atoms with Crippen LogP contribution in [-0.4, -0.2) is 19.7 Å². The van der Waals surface area contributed by atoms with Crippen LogP contribution in [-0.2, 0) is 9.53 Å². The summed E-state index contributed by atoms with van der Waals surface area (Å²) in [5.74, 6) is 0.756. The fourth-order valence-corrected chi connectivity index (χ4v) is 3.34. The molecule has 2 aromatic rings. The molecule has 0 N–H and O–H groups in total. The molecule has 0 aromatic heterocycles. The van der Waals surface area contributed by atoms with Gasteiger partial charge in [-0.25, -0.2) is 0 Å². The molecule has 2 aromatic carbocycles. The van der Waals surface area contributed by atoms with Crippen molar-refractivity contribution < 1.29 is 19.0 Å². The number of esters is 1. The molecule has 0 fully saturated rings. The van der Waals surface area contributed by atoms with Crippen LogP contribution >= 0.6 is 15.9 Å². The Hall–Kier alpha value is -2.01. The van der Waals surface area contributed by atoms with Crippen molar-refractivity contribution in [2.45, 2.75) is 31.8 Å². The van der Waals surface area contributed by atoms with Gasteiger partial charge in [0.05, 0.1) is 13.7 Å². The molecule has 5 heteroatoms. The summed E-state index contributed by atoms with van der Waals surface area (Å²) in [4.78, 5) is 12.4. The van der Waals surface area contributed by atoms with E-state index in [4.69, 9.17) is 14.2 Å². The van der Waals surface area contributed by atoms with Crippen LogP contribution in [0, 0.1) is 0 Å². The maximum absolute atomic E-state index is 12.4. The van der Waals surface area contributed by atoms with Crippen molar-refractivity contribution in [1.29, 1.82) is 0 Å². The number of methoxy groups -OCH3 is 1. The number of halogens is 1. The molecule has 132 valence electrons. The largest absolute Gasteiger partial charge is 0.494 e. The highest BCUT2D eigenvalue weighted by atomic mass is 79.9. The third-order valence-corrected chi connectivity index (χ3v) is 4.79. The summed E-state index contributed by atoms with van der Waals surface area (Å²) in [5.41, 5.74) is 1.76. The van der Waals surface area contributed by atoms with E-state index < -0.39 is 12.0 Å². The van der Waals surface area contributed by atoms with Gasteiger partial charge in [-0.2, -0.15) is 0 Å². The minimum Gasteiger partial charge on any atom is -0.494 e. The molecule has 0 radical (unpaired) electrons. The van der Waals surface area contributed by atoms with Crippen LogP contribution in [0.25, 0.3) is 0 Å². The quantitative estimate of drug-likeness (QED) is 0.500. The Morgan fingerprint density at radius 3 is 2.64 bits per heavy atom. The Morgan fingerprint density at radius 2 is 1.96 bits per heavy atom. The van der Waals surface area contributed by atoms with E-state index in [2.05, 4.69) is 22.9 Å². The molecule has 1 aliphatic heterocycles. The van der Waals surface area contributed by atoms with E-state index in [1.54, 1.807) is 0 Å². The molecule has 2 atom stereocenters. The molecular weight excluding hydrogens is 384 g/mol. The summed E-state index contributed by atoms with van der Waals surface area (Å²) in [7, 11) is 1.40. The van der Waals surface area contributed by atoms with Gasteiger partial charge >= 0.3 is 5.97 Å². The molecule has 3 rings (SSSR count). The fraction of sp³-hybridized carbons (Fsp3) is 0.350. The lowest BCUT2D eigenvalue weighted by Crippen LogP contribution is -2.20. The third kappa shape index (κ3) is 3.82. The second kappa shape index (κ2) is 7.91. The van der Waals surface area contributed by atoms with Gasteiger partial charge in [-0.1, -0.05) is 41.4 Å². The van der Waals surface area contributed by atoms with Gasteiger partial charge in [-0.15, -0.1) is 0 Å². The van der Waals surface area contributed by atoms with E-state index in [1.165, 1.54) is 7.11 Å². The monoisotopic (exact) mass is 404 g/mol. The first-order valence-electron chi connectivity index (χ1n) is 8.40. The molecule has 0 saturated carbocycles. The minimum absolute atomic E-state index is 0.301. The summed E-state index contributed by atoms with van der Waals surface area (Å²) in [6, 6.07) is 13.4. The minimum atomic E-state index is -0.482. The maximum Gasteiger partial charge on any atom is 0.317 e. The molecular formula is C20H21BrO4. The summed E-state index contributed by atoms with van der Waals surface area (Å²) in [5, 5.41) is 0. The van der Waals surface area contributed by atoms with Gasteiger partial charge in [-0.3, -0.25) is 4.79 Å². The zero-order chi connectivity index (χ0) is 17.8. The van der Waals surface area contributed by atoms with Crippen LogP contribution in [0.1, 0.15) is 42.9 Å². The van der Waals surface area contributed by atoms with Crippen molar-refractivity contribution in [1.82, 2.24) is 0 Å². The van der Waals surface area contributed by atoms with Crippen LogP contribution < -0.4 is 9.47 Å². The van der Waals surface area contributed by atoms with Crippen molar-refractivity contribution in [2.24, 2.45) is 0 Å². The molecule has 4 nitrogen and oxygen atoms in total. The van der Waals surface area contributed by atoms with Crippen molar-refractivity contribution in [3.8, 4) is 11.5 Å². The molecule has 0 amide bonds. The van der Waals surface area contributed by atoms with Gasteiger partial charge in [-0.05, 0) is 42.3 Å². The van der Waals surface area contributed by atoms with Crippen molar-refractivity contribution in [3.05, 3.63) is 58.1 Å². The lowest BCUT2D eigenvalue weighted by Gasteiger charge is -2.18. The number of rotatable bonds is 6. The van der Waals surface area contributed by atoms with Crippen LogP contribution in [0.2, 0.25) is 0 Å². The topological polar surface area (TPSA) is 44.8 Å². The number of fused-ring (bicyclic) bond motifs is 1. The third-order valence-electron chi connectivity index (χ3n) is 4.29. The summed E-state index contributed by atoms with van der Waals surface area (Å²) in [6.45, 7) is 2.84. The van der Waals surface area contributed by atoms with Gasteiger partial charge in [0.25, 0.3) is 0 Å². The standard InChI is InChI=1S/C20H21BrO4/c1-3-4-11-24-15-8-5-13(6-9-15)19-18(20(22)23-2)16-12-14(21)7-10-17(16)25-19/h5-10,12,18-19H,3-4,11H2,1-2H3/t18-,19-/m1/s1. The van der Waals surface area contributed by atoms with Crippen LogP contribution in [0.3, 0.4) is 0 Å².